The number of hydrogen-bond acceptors (Lipinski definition) is 2. The zero-order chi connectivity index (χ0) is 7.11. The highest BCUT2D eigenvalue weighted by Gasteiger charge is 1.83. The number of amides is 1. The molecule has 0 heterocycles. The first kappa shape index (κ1) is 7.44. The number of nitriles is 1. The molecular weight excluding hydrogens is 116 g/mol. The van der Waals surface area contributed by atoms with Gasteiger partial charge in [-0.15, -0.1) is 0 Å². The number of allylic oxidation sites excluding steroid dienone is 1. The Balaban J connectivity index is 3.53. The number of nitrogens with zero attached hydrogens (tertiary/aromatic N) is 1. The van der Waals surface area contributed by atoms with E-state index in [0.29, 0.717) is 0 Å². The minimum Gasteiger partial charge on any atom is -0.328 e. The SMILES string of the molecule is C=CC(=O)NC=CC#N. The topological polar surface area (TPSA) is 52.9 Å². The summed E-state index contributed by atoms with van der Waals surface area (Å²) in [6, 6.07) is 1.72. The van der Waals surface area contributed by atoms with E-state index < -0.39 is 0 Å². The van der Waals surface area contributed by atoms with Crippen molar-refractivity contribution in [3.8, 4) is 6.07 Å². The van der Waals surface area contributed by atoms with Gasteiger partial charge in [0.1, 0.15) is 0 Å². The normalized spacial score (nSPS) is 8.33. The summed E-state index contributed by atoms with van der Waals surface area (Å²) in [6.45, 7) is 3.21. The molecule has 9 heavy (non-hydrogen) atoms. The van der Waals surface area contributed by atoms with Crippen LogP contribution in [0, 0.1) is 11.3 Å². The number of carbonyl (C=O) groups excluding carboxylic acids is 1. The van der Waals surface area contributed by atoms with E-state index in [4.69, 9.17) is 5.26 Å². The molecule has 0 fully saturated rings. The molecule has 0 aromatic carbocycles. The Hall–Kier alpha value is -1.56. The lowest BCUT2D eigenvalue weighted by Crippen LogP contribution is -2.12. The van der Waals surface area contributed by atoms with Gasteiger partial charge in [0.15, 0.2) is 0 Å². The van der Waals surface area contributed by atoms with Crippen molar-refractivity contribution in [1.82, 2.24) is 5.32 Å². The molecule has 0 saturated heterocycles. The Kier molecular flexibility index (Phi) is 3.80. The van der Waals surface area contributed by atoms with Crippen molar-refractivity contribution >= 4 is 5.91 Å². The minimum atomic E-state index is -0.318. The molecule has 0 aromatic heterocycles. The standard InChI is InChI=1S/C6H6N2O/c1-2-6(9)8-5-3-4-7/h2-3,5H,1H2,(H,8,9). The second kappa shape index (κ2) is 4.60. The van der Waals surface area contributed by atoms with Crippen LogP contribution in [-0.4, -0.2) is 5.91 Å². The van der Waals surface area contributed by atoms with E-state index in [0.717, 1.165) is 6.08 Å². The van der Waals surface area contributed by atoms with Crippen LogP contribution in [0.15, 0.2) is 24.9 Å². The van der Waals surface area contributed by atoms with Crippen LogP contribution in [0.3, 0.4) is 0 Å². The fourth-order valence-corrected chi connectivity index (χ4v) is 0.220. The molecule has 0 saturated carbocycles. The van der Waals surface area contributed by atoms with Crippen LogP contribution in [-0.2, 0) is 4.79 Å². The Morgan fingerprint density at radius 2 is 2.44 bits per heavy atom. The van der Waals surface area contributed by atoms with Gasteiger partial charge in [-0.2, -0.15) is 5.26 Å². The second-order valence-corrected chi connectivity index (χ2v) is 1.18. The van der Waals surface area contributed by atoms with Crippen LogP contribution >= 0.6 is 0 Å². The molecule has 0 rings (SSSR count). The van der Waals surface area contributed by atoms with Crippen molar-refractivity contribution in [2.75, 3.05) is 0 Å². The zero-order valence-electron chi connectivity index (χ0n) is 4.79. The molecule has 0 atom stereocenters. The van der Waals surface area contributed by atoms with Crippen LogP contribution in [0.2, 0.25) is 0 Å². The molecule has 0 aliphatic rings. The monoisotopic (exact) mass is 122 g/mol. The summed E-state index contributed by atoms with van der Waals surface area (Å²) in [7, 11) is 0. The quantitative estimate of drug-likeness (QED) is 0.423. The first-order chi connectivity index (χ1) is 4.31. The average molecular weight is 122 g/mol. The maximum absolute atomic E-state index is 10.3. The van der Waals surface area contributed by atoms with Crippen molar-refractivity contribution in [2.45, 2.75) is 0 Å². The lowest BCUT2D eigenvalue weighted by molar-refractivity contribution is -0.115. The van der Waals surface area contributed by atoms with Gasteiger partial charge in [-0.25, -0.2) is 0 Å². The smallest absolute Gasteiger partial charge is 0.247 e. The van der Waals surface area contributed by atoms with Crippen molar-refractivity contribution in [1.29, 1.82) is 5.26 Å². The highest BCUT2D eigenvalue weighted by molar-refractivity contribution is 5.87. The Morgan fingerprint density at radius 3 is 2.89 bits per heavy atom. The molecule has 0 spiro atoms. The number of nitrogens with one attached hydrogen (secondary N) is 1. The molecule has 0 radical (unpaired) electrons. The van der Waals surface area contributed by atoms with Crippen molar-refractivity contribution < 1.29 is 4.79 Å². The van der Waals surface area contributed by atoms with E-state index in [9.17, 15) is 4.79 Å². The Bertz CT molecular complexity index is 176. The van der Waals surface area contributed by atoms with E-state index in [1.165, 1.54) is 12.3 Å². The van der Waals surface area contributed by atoms with Gasteiger partial charge in [-0.3, -0.25) is 4.79 Å². The fraction of sp³-hybridized carbons (Fsp3) is 0. The molecule has 0 bridgehead atoms. The maximum atomic E-state index is 10.3. The van der Waals surface area contributed by atoms with Gasteiger partial charge < -0.3 is 5.32 Å². The summed E-state index contributed by atoms with van der Waals surface area (Å²) < 4.78 is 0. The van der Waals surface area contributed by atoms with Crippen LogP contribution in [0.4, 0.5) is 0 Å². The van der Waals surface area contributed by atoms with Gasteiger partial charge in [0, 0.05) is 12.3 Å². The third kappa shape index (κ3) is 4.29. The molecule has 0 unspecified atom stereocenters. The van der Waals surface area contributed by atoms with E-state index in [2.05, 4.69) is 11.9 Å². The minimum absolute atomic E-state index is 0.318. The van der Waals surface area contributed by atoms with E-state index >= 15 is 0 Å². The van der Waals surface area contributed by atoms with Crippen molar-refractivity contribution in [3.63, 3.8) is 0 Å². The summed E-state index contributed by atoms with van der Waals surface area (Å²) in [6.07, 6.45) is 3.55. The van der Waals surface area contributed by atoms with E-state index in [1.54, 1.807) is 6.07 Å². The van der Waals surface area contributed by atoms with Crippen LogP contribution < -0.4 is 5.32 Å². The summed E-state index contributed by atoms with van der Waals surface area (Å²) in [5.74, 6) is -0.318. The molecular formula is C6H6N2O. The van der Waals surface area contributed by atoms with Crippen LogP contribution in [0.25, 0.3) is 0 Å². The predicted molar refractivity (Wildman–Crippen MR) is 33.1 cm³/mol. The second-order valence-electron chi connectivity index (χ2n) is 1.18. The fourth-order valence-electron chi connectivity index (χ4n) is 0.220. The average Bonchev–Trinajstić information content (AvgIpc) is 1.89. The summed E-state index contributed by atoms with van der Waals surface area (Å²) in [4.78, 5) is 10.3. The van der Waals surface area contributed by atoms with Gasteiger partial charge >= 0.3 is 0 Å². The maximum Gasteiger partial charge on any atom is 0.247 e. The lowest BCUT2D eigenvalue weighted by atomic mass is 10.6. The third-order valence-corrected chi connectivity index (χ3v) is 0.569. The molecule has 1 amide bonds. The van der Waals surface area contributed by atoms with Gasteiger partial charge in [0.05, 0.1) is 6.07 Å². The largest absolute Gasteiger partial charge is 0.328 e. The molecule has 3 nitrogen and oxygen atoms in total. The highest BCUT2D eigenvalue weighted by atomic mass is 16.1. The molecule has 0 aromatic rings. The first-order valence-corrected chi connectivity index (χ1v) is 2.29. The molecule has 0 aliphatic heterocycles. The van der Waals surface area contributed by atoms with Gasteiger partial charge in [0.25, 0.3) is 0 Å². The Morgan fingerprint density at radius 1 is 1.78 bits per heavy atom. The van der Waals surface area contributed by atoms with E-state index in [-0.39, 0.29) is 5.91 Å². The number of hydrogen-bond donors (Lipinski definition) is 1. The zero-order valence-corrected chi connectivity index (χ0v) is 4.79. The Labute approximate surface area is 53.3 Å². The van der Waals surface area contributed by atoms with Crippen molar-refractivity contribution in [3.05, 3.63) is 24.9 Å². The van der Waals surface area contributed by atoms with Crippen LogP contribution in [0.5, 0.6) is 0 Å². The number of rotatable bonds is 2. The molecule has 1 N–H and O–H groups in total. The van der Waals surface area contributed by atoms with E-state index in [1.807, 2.05) is 0 Å². The first-order valence-electron chi connectivity index (χ1n) is 2.29. The third-order valence-electron chi connectivity index (χ3n) is 0.569. The lowest BCUT2D eigenvalue weighted by Gasteiger charge is -1.86. The van der Waals surface area contributed by atoms with Crippen molar-refractivity contribution in [2.24, 2.45) is 0 Å². The molecule has 3 heteroatoms. The summed E-state index contributed by atoms with van der Waals surface area (Å²) in [5, 5.41) is 10.2. The summed E-state index contributed by atoms with van der Waals surface area (Å²) >= 11 is 0. The number of carbonyl (C=O) groups is 1. The summed E-state index contributed by atoms with van der Waals surface area (Å²) in [5.41, 5.74) is 0. The van der Waals surface area contributed by atoms with Crippen LogP contribution in [0.1, 0.15) is 0 Å². The van der Waals surface area contributed by atoms with Gasteiger partial charge in [0.2, 0.25) is 5.91 Å². The predicted octanol–water partition coefficient (Wildman–Crippen LogP) is 0.326. The highest BCUT2D eigenvalue weighted by Crippen LogP contribution is 1.66. The van der Waals surface area contributed by atoms with Gasteiger partial charge in [-0.1, -0.05) is 6.58 Å². The molecule has 46 valence electrons. The molecule has 0 aliphatic carbocycles. The van der Waals surface area contributed by atoms with Gasteiger partial charge in [-0.05, 0) is 6.08 Å².